The first kappa shape index (κ1) is 18.5. The van der Waals surface area contributed by atoms with Crippen LogP contribution in [0.4, 0.5) is 17.6 Å². The monoisotopic (exact) mass is 392 g/mol. The summed E-state index contributed by atoms with van der Waals surface area (Å²) < 4.78 is 60.0. The van der Waals surface area contributed by atoms with Crippen molar-refractivity contribution >= 4 is 10.9 Å². The van der Waals surface area contributed by atoms with Crippen LogP contribution in [0.3, 0.4) is 0 Å². The maximum atomic E-state index is 13.4. The lowest BCUT2D eigenvalue weighted by atomic mass is 10.0. The average Bonchev–Trinajstić information content (AvgIpc) is 3.35. The zero-order chi connectivity index (χ0) is 20.1. The Balaban J connectivity index is 2.07. The van der Waals surface area contributed by atoms with Crippen molar-refractivity contribution in [3.05, 3.63) is 64.2 Å². The molecule has 1 fully saturated rings. The topological polar surface area (TPSA) is 44.1 Å². The van der Waals surface area contributed by atoms with Crippen LogP contribution in [0.1, 0.15) is 17.7 Å². The van der Waals surface area contributed by atoms with Crippen molar-refractivity contribution < 1.29 is 22.3 Å². The molecular weight excluding hydrogens is 376 g/mol. The lowest BCUT2D eigenvalue weighted by Crippen LogP contribution is -2.24. The molecule has 0 bridgehead atoms. The highest BCUT2D eigenvalue weighted by atomic mass is 19.4. The van der Waals surface area contributed by atoms with Gasteiger partial charge in [-0.3, -0.25) is 4.57 Å². The van der Waals surface area contributed by atoms with Crippen LogP contribution in [0.5, 0.6) is 5.75 Å². The molecule has 0 radical (unpaired) electrons. The second-order valence-corrected chi connectivity index (χ2v) is 6.80. The smallest absolute Gasteiger partial charge is 0.416 e. The van der Waals surface area contributed by atoms with E-state index in [1.165, 1.54) is 7.11 Å². The van der Waals surface area contributed by atoms with Gasteiger partial charge < -0.3 is 4.74 Å². The predicted molar refractivity (Wildman–Crippen MR) is 95.6 cm³/mol. The Bertz CT molecular complexity index is 1090. The van der Waals surface area contributed by atoms with Crippen LogP contribution in [0, 0.1) is 5.92 Å². The molecule has 1 aromatic heterocycles. The van der Waals surface area contributed by atoms with E-state index in [4.69, 9.17) is 4.74 Å². The average molecular weight is 392 g/mol. The minimum atomic E-state index is -4.62. The quantitative estimate of drug-likeness (QED) is 0.622. The van der Waals surface area contributed by atoms with Crippen LogP contribution in [-0.4, -0.2) is 22.8 Å². The molecule has 4 nitrogen and oxygen atoms in total. The number of aromatic nitrogens is 2. The molecular formula is C20H16F4N2O2. The number of nitrogens with zero attached hydrogens (tertiary/aromatic N) is 2. The van der Waals surface area contributed by atoms with Crippen molar-refractivity contribution in [2.75, 3.05) is 7.11 Å². The molecule has 1 heterocycles. The third-order valence-electron chi connectivity index (χ3n) is 4.89. The fourth-order valence-corrected chi connectivity index (χ4v) is 3.36. The van der Waals surface area contributed by atoms with Gasteiger partial charge in [0.25, 0.3) is 0 Å². The van der Waals surface area contributed by atoms with Gasteiger partial charge in [-0.25, -0.2) is 9.18 Å². The fourth-order valence-electron chi connectivity index (χ4n) is 3.36. The van der Waals surface area contributed by atoms with E-state index < -0.39 is 23.6 Å². The largest absolute Gasteiger partial charge is 0.496 e. The van der Waals surface area contributed by atoms with E-state index in [2.05, 4.69) is 4.98 Å². The van der Waals surface area contributed by atoms with Gasteiger partial charge in [0.1, 0.15) is 11.9 Å². The third kappa shape index (κ3) is 3.23. The molecule has 146 valence electrons. The number of methoxy groups -OCH3 is 1. The van der Waals surface area contributed by atoms with Crippen molar-refractivity contribution in [1.29, 1.82) is 0 Å². The van der Waals surface area contributed by atoms with Crippen molar-refractivity contribution in [1.82, 2.24) is 9.55 Å². The van der Waals surface area contributed by atoms with Gasteiger partial charge in [-0.15, -0.1) is 0 Å². The first-order valence-corrected chi connectivity index (χ1v) is 8.70. The molecule has 1 aliphatic rings. The molecule has 0 aliphatic heterocycles. The minimum Gasteiger partial charge on any atom is -0.496 e. The van der Waals surface area contributed by atoms with Crippen molar-refractivity contribution in [3.8, 4) is 11.4 Å². The molecule has 8 heteroatoms. The highest BCUT2D eigenvalue weighted by Gasteiger charge is 2.39. The van der Waals surface area contributed by atoms with Crippen molar-refractivity contribution in [2.45, 2.75) is 25.2 Å². The van der Waals surface area contributed by atoms with Crippen LogP contribution >= 0.6 is 0 Å². The Morgan fingerprint density at radius 2 is 1.89 bits per heavy atom. The molecule has 0 saturated heterocycles. The number of ether oxygens (including phenoxy) is 1. The molecule has 3 aromatic rings. The number of hydrogen-bond donors (Lipinski definition) is 0. The Morgan fingerprint density at radius 3 is 2.46 bits per heavy atom. The van der Waals surface area contributed by atoms with Crippen LogP contribution in [0.25, 0.3) is 16.6 Å². The molecule has 0 spiro atoms. The predicted octanol–water partition coefficient (Wildman–Crippen LogP) is 4.31. The summed E-state index contributed by atoms with van der Waals surface area (Å²) in [7, 11) is 1.26. The first-order valence-electron chi connectivity index (χ1n) is 8.70. The van der Waals surface area contributed by atoms with E-state index in [0.29, 0.717) is 12.1 Å². The summed E-state index contributed by atoms with van der Waals surface area (Å²) in [5.74, 6) is -0.331. The van der Waals surface area contributed by atoms with E-state index in [0.717, 1.165) is 16.7 Å². The van der Waals surface area contributed by atoms with Crippen LogP contribution in [-0.2, 0) is 12.6 Å². The van der Waals surface area contributed by atoms with E-state index in [1.54, 1.807) is 30.3 Å². The minimum absolute atomic E-state index is 0.0314. The summed E-state index contributed by atoms with van der Waals surface area (Å²) in [6.45, 7) is 0. The maximum absolute atomic E-state index is 13.4. The van der Waals surface area contributed by atoms with E-state index >= 15 is 0 Å². The van der Waals surface area contributed by atoms with Gasteiger partial charge in [0.15, 0.2) is 0 Å². The van der Waals surface area contributed by atoms with Gasteiger partial charge in [0.2, 0.25) is 0 Å². The van der Waals surface area contributed by atoms with Gasteiger partial charge in [0, 0.05) is 0 Å². The third-order valence-corrected chi connectivity index (χ3v) is 4.89. The summed E-state index contributed by atoms with van der Waals surface area (Å²) in [6, 6.07) is 10.1. The zero-order valence-electron chi connectivity index (χ0n) is 14.8. The summed E-state index contributed by atoms with van der Waals surface area (Å²) in [6.07, 6.45) is -5.07. The normalized spacial score (nSPS) is 19.0. The second kappa shape index (κ2) is 6.61. The molecule has 0 amide bonds. The van der Waals surface area contributed by atoms with E-state index in [-0.39, 0.29) is 34.7 Å². The summed E-state index contributed by atoms with van der Waals surface area (Å²) in [5, 5.41) is 0.290. The fraction of sp³-hybridized carbons (Fsp3) is 0.300. The number of halogens is 4. The SMILES string of the molecule is COc1cc(C(F)(F)F)cc2c1c(C[C@H]1C[C@H]1F)nc(=O)n2-c1ccccc1. The Labute approximate surface area is 157 Å². The number of hydrogen-bond acceptors (Lipinski definition) is 3. The van der Waals surface area contributed by atoms with Crippen LogP contribution < -0.4 is 10.4 Å². The molecule has 2 atom stereocenters. The second-order valence-electron chi connectivity index (χ2n) is 6.80. The van der Waals surface area contributed by atoms with Crippen LogP contribution in [0.15, 0.2) is 47.3 Å². The van der Waals surface area contributed by atoms with Gasteiger partial charge in [-0.2, -0.15) is 18.2 Å². The molecule has 1 saturated carbocycles. The molecule has 0 unspecified atom stereocenters. The number of rotatable bonds is 4. The zero-order valence-corrected chi connectivity index (χ0v) is 14.8. The number of fused-ring (bicyclic) bond motifs is 1. The van der Waals surface area contributed by atoms with Gasteiger partial charge in [-0.1, -0.05) is 18.2 Å². The molecule has 28 heavy (non-hydrogen) atoms. The number of alkyl halides is 4. The van der Waals surface area contributed by atoms with Gasteiger partial charge in [-0.05, 0) is 43.0 Å². The summed E-state index contributed by atoms with van der Waals surface area (Å²) >= 11 is 0. The van der Waals surface area contributed by atoms with Crippen molar-refractivity contribution in [2.24, 2.45) is 5.92 Å². The Kier molecular flexibility index (Phi) is 4.36. The Hall–Kier alpha value is -2.90. The first-order chi connectivity index (χ1) is 13.3. The molecule has 4 rings (SSSR count). The lowest BCUT2D eigenvalue weighted by Gasteiger charge is -2.17. The van der Waals surface area contributed by atoms with E-state index in [9.17, 15) is 22.4 Å². The van der Waals surface area contributed by atoms with Crippen molar-refractivity contribution in [3.63, 3.8) is 0 Å². The van der Waals surface area contributed by atoms with Gasteiger partial charge >= 0.3 is 11.9 Å². The summed E-state index contributed by atoms with van der Waals surface area (Å²) in [5.41, 5.74) is -0.987. The summed E-state index contributed by atoms with van der Waals surface area (Å²) in [4.78, 5) is 16.8. The van der Waals surface area contributed by atoms with Gasteiger partial charge in [0.05, 0.1) is 35.0 Å². The molecule has 1 aliphatic carbocycles. The highest BCUT2D eigenvalue weighted by molar-refractivity contribution is 5.89. The Morgan fingerprint density at radius 1 is 1.21 bits per heavy atom. The molecule has 0 N–H and O–H groups in total. The lowest BCUT2D eigenvalue weighted by molar-refractivity contribution is -0.137. The number of benzene rings is 2. The maximum Gasteiger partial charge on any atom is 0.416 e. The standard InChI is InChI=1S/C20H16F4N2O2/c1-28-17-10-12(20(22,23)24)9-16-18(17)15(8-11-7-14(11)21)25-19(27)26(16)13-5-3-2-4-6-13/h2-6,9-11,14H,7-8H2,1H3/t11-,14-/m1/s1. The molecule has 2 aromatic carbocycles. The van der Waals surface area contributed by atoms with E-state index in [1.807, 2.05) is 0 Å². The number of para-hydroxylation sites is 1. The van der Waals surface area contributed by atoms with Crippen LogP contribution in [0.2, 0.25) is 0 Å². The highest BCUT2D eigenvalue weighted by Crippen LogP contribution is 2.41.